The van der Waals surface area contributed by atoms with Crippen molar-refractivity contribution < 1.29 is 9.21 Å². The average molecular weight is 282 g/mol. The molecule has 0 bridgehead atoms. The van der Waals surface area contributed by atoms with Crippen LogP contribution in [0.5, 0.6) is 0 Å². The minimum absolute atomic E-state index is 0.0668. The van der Waals surface area contributed by atoms with E-state index in [1.165, 1.54) is 6.26 Å². The Bertz CT molecular complexity index is 876. The Kier molecular flexibility index (Phi) is 2.84. The van der Waals surface area contributed by atoms with Crippen molar-refractivity contribution in [1.82, 2.24) is 10.6 Å². The van der Waals surface area contributed by atoms with E-state index in [0.29, 0.717) is 11.0 Å². The van der Waals surface area contributed by atoms with Gasteiger partial charge in [0.15, 0.2) is 5.43 Å². The monoisotopic (exact) mass is 282 g/mol. The number of carbonyl (C=O) groups is 1. The molecule has 3 rings (SSSR count). The van der Waals surface area contributed by atoms with E-state index in [4.69, 9.17) is 10.2 Å². The van der Waals surface area contributed by atoms with Crippen molar-refractivity contribution in [1.29, 1.82) is 5.26 Å². The van der Waals surface area contributed by atoms with Crippen LogP contribution in [0.3, 0.4) is 0 Å². The average Bonchev–Trinajstić information content (AvgIpc) is 2.47. The number of para-hydroxylation sites is 1. The van der Waals surface area contributed by atoms with E-state index in [-0.39, 0.29) is 22.4 Å². The van der Waals surface area contributed by atoms with Crippen molar-refractivity contribution in [3.05, 3.63) is 57.7 Å². The number of urea groups is 1. The molecular formula is C14H10N4O3. The molecular weight excluding hydrogens is 272 g/mol. The van der Waals surface area contributed by atoms with Crippen molar-refractivity contribution in [3.8, 4) is 6.07 Å². The van der Waals surface area contributed by atoms with Crippen LogP contribution in [0.25, 0.3) is 11.0 Å². The van der Waals surface area contributed by atoms with Gasteiger partial charge in [0.25, 0.3) is 0 Å². The van der Waals surface area contributed by atoms with Crippen LogP contribution >= 0.6 is 0 Å². The van der Waals surface area contributed by atoms with Gasteiger partial charge in [0.1, 0.15) is 29.8 Å². The van der Waals surface area contributed by atoms with Gasteiger partial charge in [0.05, 0.1) is 16.5 Å². The molecule has 7 nitrogen and oxygen atoms in total. The van der Waals surface area contributed by atoms with Gasteiger partial charge in [-0.3, -0.25) is 10.1 Å². The number of hydrogen-bond acceptors (Lipinski definition) is 5. The van der Waals surface area contributed by atoms with Gasteiger partial charge in [-0.05, 0) is 12.1 Å². The maximum absolute atomic E-state index is 12.5. The predicted molar refractivity (Wildman–Crippen MR) is 73.7 cm³/mol. The van der Waals surface area contributed by atoms with E-state index in [9.17, 15) is 14.9 Å². The van der Waals surface area contributed by atoms with Crippen LogP contribution in [0.1, 0.15) is 11.6 Å². The molecule has 2 amide bonds. The van der Waals surface area contributed by atoms with Gasteiger partial charge in [-0.15, -0.1) is 0 Å². The summed E-state index contributed by atoms with van der Waals surface area (Å²) in [4.78, 5) is 24.0. The van der Waals surface area contributed by atoms with Gasteiger partial charge in [-0.25, -0.2) is 4.79 Å². The topological polar surface area (TPSA) is 121 Å². The third-order valence-corrected chi connectivity index (χ3v) is 3.24. The summed E-state index contributed by atoms with van der Waals surface area (Å²) < 4.78 is 5.40. The van der Waals surface area contributed by atoms with Crippen LogP contribution < -0.4 is 21.8 Å². The number of carbonyl (C=O) groups excluding carboxylic acids is 1. The number of nitrogens with two attached hydrogens (primary N) is 1. The second-order valence-corrected chi connectivity index (χ2v) is 4.49. The lowest BCUT2D eigenvalue weighted by atomic mass is 9.98. The molecule has 0 aliphatic carbocycles. The zero-order valence-corrected chi connectivity index (χ0v) is 10.7. The Labute approximate surface area is 118 Å². The molecule has 0 saturated carbocycles. The molecule has 1 aromatic heterocycles. The fraction of sp³-hybridized carbons (Fsp3) is 0.0714. The zero-order chi connectivity index (χ0) is 15.0. The van der Waals surface area contributed by atoms with Gasteiger partial charge in [-0.1, -0.05) is 12.1 Å². The third-order valence-electron chi connectivity index (χ3n) is 3.24. The Morgan fingerprint density at radius 3 is 2.81 bits per heavy atom. The van der Waals surface area contributed by atoms with E-state index in [2.05, 4.69) is 10.6 Å². The normalized spacial score (nSPS) is 18.0. The Morgan fingerprint density at radius 2 is 2.05 bits per heavy atom. The fourth-order valence-corrected chi connectivity index (χ4v) is 2.23. The Balaban J connectivity index is 2.23. The summed E-state index contributed by atoms with van der Waals surface area (Å²) in [7, 11) is 0. The van der Waals surface area contributed by atoms with Crippen molar-refractivity contribution in [2.24, 2.45) is 5.73 Å². The van der Waals surface area contributed by atoms with Gasteiger partial charge >= 0.3 is 6.03 Å². The molecule has 1 atom stereocenters. The van der Waals surface area contributed by atoms with E-state index >= 15 is 0 Å². The zero-order valence-electron chi connectivity index (χ0n) is 10.7. The number of hydrogen-bond donors (Lipinski definition) is 3. The number of nitrogens with zero attached hydrogens (tertiary/aromatic N) is 1. The molecule has 21 heavy (non-hydrogen) atoms. The Hall–Kier alpha value is -3.27. The number of amides is 2. The maximum Gasteiger partial charge on any atom is 0.321 e. The molecule has 1 aliphatic rings. The van der Waals surface area contributed by atoms with E-state index in [1.807, 2.05) is 6.07 Å². The first-order valence-electron chi connectivity index (χ1n) is 6.09. The van der Waals surface area contributed by atoms with E-state index in [1.54, 1.807) is 24.3 Å². The van der Waals surface area contributed by atoms with Crippen molar-refractivity contribution in [3.63, 3.8) is 0 Å². The highest BCUT2D eigenvalue weighted by atomic mass is 16.3. The van der Waals surface area contributed by atoms with Gasteiger partial charge < -0.3 is 15.5 Å². The molecule has 1 aromatic carbocycles. The number of nitrogens with one attached hydrogen (secondary N) is 2. The number of nitriles is 1. The minimum Gasteiger partial charge on any atom is -0.464 e. The summed E-state index contributed by atoms with van der Waals surface area (Å²) in [5.41, 5.74) is 5.96. The van der Waals surface area contributed by atoms with Gasteiger partial charge in [-0.2, -0.15) is 5.26 Å². The molecule has 0 saturated heterocycles. The van der Waals surface area contributed by atoms with E-state index in [0.717, 1.165) is 0 Å². The van der Waals surface area contributed by atoms with Crippen LogP contribution in [0.2, 0.25) is 0 Å². The largest absolute Gasteiger partial charge is 0.464 e. The predicted octanol–water partition coefficient (Wildman–Crippen LogP) is 0.841. The van der Waals surface area contributed by atoms with Gasteiger partial charge in [0.2, 0.25) is 0 Å². The van der Waals surface area contributed by atoms with Crippen LogP contribution in [-0.4, -0.2) is 6.03 Å². The smallest absolute Gasteiger partial charge is 0.321 e. The highest BCUT2D eigenvalue weighted by molar-refractivity contribution is 5.80. The summed E-state index contributed by atoms with van der Waals surface area (Å²) in [5.74, 6) is -0.0705. The highest BCUT2D eigenvalue weighted by Crippen LogP contribution is 2.24. The summed E-state index contributed by atoms with van der Waals surface area (Å²) >= 11 is 0. The minimum atomic E-state index is -0.926. The van der Waals surface area contributed by atoms with Crippen molar-refractivity contribution in [2.75, 3.05) is 0 Å². The molecule has 0 spiro atoms. The van der Waals surface area contributed by atoms with Crippen LogP contribution in [0.15, 0.2) is 51.1 Å². The van der Waals surface area contributed by atoms with Crippen LogP contribution in [0, 0.1) is 11.3 Å². The summed E-state index contributed by atoms with van der Waals surface area (Å²) in [6.45, 7) is 0. The summed E-state index contributed by atoms with van der Waals surface area (Å²) in [6.07, 6.45) is 1.24. The standard InChI is InChI=1S/C14H10N4O3/c15-5-8-11(17-14(20)18-13(8)16)9-6-21-10-4-2-1-3-7(10)12(9)19/h1-4,6,11H,16H2,(H2,17,18,20). The molecule has 1 unspecified atom stereocenters. The molecule has 4 N–H and O–H groups in total. The second-order valence-electron chi connectivity index (χ2n) is 4.49. The lowest BCUT2D eigenvalue weighted by molar-refractivity contribution is 0.238. The van der Waals surface area contributed by atoms with Gasteiger partial charge in [0, 0.05) is 0 Å². The number of rotatable bonds is 1. The number of fused-ring (bicyclic) bond motifs is 1. The van der Waals surface area contributed by atoms with Crippen molar-refractivity contribution in [2.45, 2.75) is 6.04 Å². The van der Waals surface area contributed by atoms with Crippen LogP contribution in [-0.2, 0) is 0 Å². The molecule has 104 valence electrons. The molecule has 2 heterocycles. The fourth-order valence-electron chi connectivity index (χ4n) is 2.23. The van der Waals surface area contributed by atoms with Crippen molar-refractivity contribution >= 4 is 17.0 Å². The first-order chi connectivity index (χ1) is 10.1. The van der Waals surface area contributed by atoms with Crippen LogP contribution in [0.4, 0.5) is 4.79 Å². The molecule has 0 fully saturated rings. The summed E-state index contributed by atoms with van der Waals surface area (Å²) in [5, 5.41) is 14.3. The SMILES string of the molecule is N#CC1=C(N)NC(=O)NC1c1coc2ccccc2c1=O. The molecule has 1 aliphatic heterocycles. The quantitative estimate of drug-likeness (QED) is 0.715. The highest BCUT2D eigenvalue weighted by Gasteiger charge is 2.30. The Morgan fingerprint density at radius 1 is 1.29 bits per heavy atom. The maximum atomic E-state index is 12.5. The third kappa shape index (κ3) is 1.99. The number of benzene rings is 1. The van der Waals surface area contributed by atoms with E-state index < -0.39 is 12.1 Å². The lowest BCUT2D eigenvalue weighted by Gasteiger charge is -2.24. The molecule has 0 radical (unpaired) electrons. The first kappa shape index (κ1) is 12.7. The summed E-state index contributed by atoms with van der Waals surface area (Å²) in [6, 6.07) is 7.12. The first-order valence-corrected chi connectivity index (χ1v) is 6.09. The molecule has 7 heteroatoms. The molecule has 2 aromatic rings. The lowest BCUT2D eigenvalue weighted by Crippen LogP contribution is -2.47. The second kappa shape index (κ2) is 4.68.